The first-order chi connectivity index (χ1) is 10.2. The monoisotopic (exact) mass is 351 g/mol. The van der Waals surface area contributed by atoms with Crippen LogP contribution in [0.4, 0.5) is 18.9 Å². The predicted octanol–water partition coefficient (Wildman–Crippen LogP) is 3.40. The third kappa shape index (κ3) is 3.31. The van der Waals surface area contributed by atoms with Crippen LogP contribution in [0.5, 0.6) is 0 Å². The van der Waals surface area contributed by atoms with Gasteiger partial charge in [-0.15, -0.1) is 5.10 Å². The van der Waals surface area contributed by atoms with E-state index in [9.17, 15) is 23.3 Å². The number of aromatic amines is 1. The summed E-state index contributed by atoms with van der Waals surface area (Å²) in [6, 6.07) is 3.67. The molecule has 22 heavy (non-hydrogen) atoms. The van der Waals surface area contributed by atoms with Gasteiger partial charge in [0.05, 0.1) is 11.1 Å². The van der Waals surface area contributed by atoms with E-state index in [2.05, 4.69) is 22.4 Å². The number of hydrogen-bond acceptors (Lipinski definition) is 5. The van der Waals surface area contributed by atoms with Crippen molar-refractivity contribution in [2.24, 2.45) is 5.10 Å². The Hall–Kier alpha value is -2.27. The number of rotatable bonds is 3. The second kappa shape index (κ2) is 5.85. The molecule has 1 aromatic carbocycles. The fraction of sp³-hybridized carbons (Fsp3) is 0.100. The highest BCUT2D eigenvalue weighted by atomic mass is 35.5. The Labute approximate surface area is 130 Å². The van der Waals surface area contributed by atoms with Crippen LogP contribution in [0.25, 0.3) is 0 Å². The minimum atomic E-state index is -4.75. The normalized spacial score (nSPS) is 12.0. The van der Waals surface area contributed by atoms with E-state index in [0.29, 0.717) is 4.68 Å². The summed E-state index contributed by atoms with van der Waals surface area (Å²) in [5.41, 5.74) is -0.218. The van der Waals surface area contributed by atoms with Crippen LogP contribution in [0, 0.1) is 14.9 Å². The molecule has 0 bridgehead atoms. The molecule has 1 heterocycles. The maximum absolute atomic E-state index is 12.7. The highest BCUT2D eigenvalue weighted by molar-refractivity contribution is 7.71. The third-order valence-electron chi connectivity index (χ3n) is 2.39. The van der Waals surface area contributed by atoms with E-state index >= 15 is 0 Å². The number of nitro groups is 1. The Bertz CT molecular complexity index is 814. The summed E-state index contributed by atoms with van der Waals surface area (Å²) in [4.78, 5) is 10.0. The van der Waals surface area contributed by atoms with Crippen LogP contribution in [0.15, 0.2) is 23.3 Å². The molecule has 116 valence electrons. The van der Waals surface area contributed by atoms with Crippen LogP contribution in [0.1, 0.15) is 11.4 Å². The largest absolute Gasteiger partial charge is 0.453 e. The van der Waals surface area contributed by atoms with Gasteiger partial charge in [-0.25, -0.2) is 5.10 Å². The molecule has 0 amide bonds. The first kappa shape index (κ1) is 16.1. The van der Waals surface area contributed by atoms with Crippen LogP contribution in [-0.2, 0) is 6.18 Å². The molecule has 2 aromatic rings. The molecule has 2 rings (SSSR count). The predicted molar refractivity (Wildman–Crippen MR) is 73.5 cm³/mol. The van der Waals surface area contributed by atoms with Gasteiger partial charge in [0.25, 0.3) is 11.5 Å². The second-order valence-corrected chi connectivity index (χ2v) is 4.67. The SMILES string of the molecule is O=[N+]([O-])c1cc(/C=N\n2c(C(F)(F)F)n[nH]c2=S)ccc1Cl. The highest BCUT2D eigenvalue weighted by Crippen LogP contribution is 2.27. The zero-order valence-corrected chi connectivity index (χ0v) is 11.9. The summed E-state index contributed by atoms with van der Waals surface area (Å²) >= 11 is 10.3. The lowest BCUT2D eigenvalue weighted by Crippen LogP contribution is -2.12. The van der Waals surface area contributed by atoms with E-state index in [1.807, 2.05) is 5.10 Å². The van der Waals surface area contributed by atoms with Crippen molar-refractivity contribution < 1.29 is 18.1 Å². The molecular formula is C10H5ClF3N5O2S. The van der Waals surface area contributed by atoms with Crippen molar-refractivity contribution in [1.29, 1.82) is 0 Å². The second-order valence-electron chi connectivity index (χ2n) is 3.87. The van der Waals surface area contributed by atoms with Gasteiger partial charge < -0.3 is 0 Å². The lowest BCUT2D eigenvalue weighted by molar-refractivity contribution is -0.384. The van der Waals surface area contributed by atoms with Crippen molar-refractivity contribution >= 4 is 35.7 Å². The summed E-state index contributed by atoms with van der Waals surface area (Å²) in [7, 11) is 0. The van der Waals surface area contributed by atoms with Gasteiger partial charge in [0.2, 0.25) is 4.77 Å². The number of alkyl halides is 3. The Morgan fingerprint density at radius 3 is 2.77 bits per heavy atom. The van der Waals surface area contributed by atoms with Gasteiger partial charge >= 0.3 is 6.18 Å². The van der Waals surface area contributed by atoms with Crippen LogP contribution in [0.3, 0.4) is 0 Å². The molecule has 0 saturated heterocycles. The van der Waals surface area contributed by atoms with Crippen LogP contribution in [-0.4, -0.2) is 26.0 Å². The van der Waals surface area contributed by atoms with Crippen molar-refractivity contribution in [3.63, 3.8) is 0 Å². The number of aromatic nitrogens is 3. The molecule has 0 spiro atoms. The molecule has 0 aliphatic heterocycles. The standard InChI is InChI=1S/C10H5ClF3N5O2S/c11-6-2-1-5(3-7(6)19(20)21)4-15-18-8(10(12,13)14)16-17-9(18)22/h1-4H,(H,17,22)/b15-4-. The Kier molecular flexibility index (Phi) is 4.28. The number of nitrogens with zero attached hydrogens (tertiary/aromatic N) is 4. The molecule has 0 atom stereocenters. The quantitative estimate of drug-likeness (QED) is 0.397. The molecule has 0 aliphatic rings. The van der Waals surface area contributed by atoms with Crippen LogP contribution >= 0.6 is 23.8 Å². The number of H-pyrrole nitrogens is 1. The highest BCUT2D eigenvalue weighted by Gasteiger charge is 2.37. The summed E-state index contributed by atoms with van der Waals surface area (Å²) in [6.07, 6.45) is -3.78. The first-order valence-corrected chi connectivity index (χ1v) is 6.21. The Morgan fingerprint density at radius 2 is 2.18 bits per heavy atom. The van der Waals surface area contributed by atoms with Crippen molar-refractivity contribution in [3.05, 3.63) is 49.5 Å². The third-order valence-corrected chi connectivity index (χ3v) is 2.98. The lowest BCUT2D eigenvalue weighted by atomic mass is 10.2. The van der Waals surface area contributed by atoms with Crippen molar-refractivity contribution in [3.8, 4) is 0 Å². The lowest BCUT2D eigenvalue weighted by Gasteiger charge is -2.04. The number of nitro benzene ring substituents is 1. The van der Waals surface area contributed by atoms with E-state index in [0.717, 1.165) is 12.3 Å². The number of hydrogen-bond donors (Lipinski definition) is 1. The molecule has 0 radical (unpaired) electrons. The zero-order valence-electron chi connectivity index (χ0n) is 10.3. The first-order valence-electron chi connectivity index (χ1n) is 5.43. The van der Waals surface area contributed by atoms with Crippen LogP contribution < -0.4 is 0 Å². The molecule has 0 unspecified atom stereocenters. The van der Waals surface area contributed by atoms with Gasteiger partial charge in [-0.05, 0) is 18.3 Å². The average molecular weight is 352 g/mol. The smallest absolute Gasteiger partial charge is 0.258 e. The van der Waals surface area contributed by atoms with E-state index in [1.165, 1.54) is 12.1 Å². The maximum atomic E-state index is 12.7. The molecule has 12 heteroatoms. The van der Waals surface area contributed by atoms with Crippen molar-refractivity contribution in [1.82, 2.24) is 14.9 Å². The maximum Gasteiger partial charge on any atom is 0.453 e. The van der Waals surface area contributed by atoms with Crippen molar-refractivity contribution in [2.45, 2.75) is 6.18 Å². The van der Waals surface area contributed by atoms with E-state index in [1.54, 1.807) is 0 Å². The fourth-order valence-electron chi connectivity index (χ4n) is 1.46. The number of nitrogens with one attached hydrogen (secondary N) is 1. The van der Waals surface area contributed by atoms with Gasteiger partial charge in [0, 0.05) is 11.6 Å². The number of halogens is 4. The minimum absolute atomic E-state index is 0.0990. The van der Waals surface area contributed by atoms with E-state index < -0.39 is 22.6 Å². The van der Waals surface area contributed by atoms with E-state index in [-0.39, 0.29) is 15.4 Å². The van der Waals surface area contributed by atoms with Gasteiger partial charge in [0.1, 0.15) is 5.02 Å². The van der Waals surface area contributed by atoms with Crippen LogP contribution in [0.2, 0.25) is 5.02 Å². The summed E-state index contributed by atoms with van der Waals surface area (Å²) < 4.78 is 38.0. The summed E-state index contributed by atoms with van der Waals surface area (Å²) in [5.74, 6) is -1.34. The van der Waals surface area contributed by atoms with E-state index in [4.69, 9.17) is 11.6 Å². The molecule has 0 saturated carbocycles. The Balaban J connectivity index is 2.42. The van der Waals surface area contributed by atoms with Gasteiger partial charge in [-0.3, -0.25) is 10.1 Å². The molecule has 0 fully saturated rings. The van der Waals surface area contributed by atoms with Gasteiger partial charge in [-0.2, -0.15) is 22.9 Å². The molecular weight excluding hydrogens is 347 g/mol. The number of benzene rings is 1. The van der Waals surface area contributed by atoms with Gasteiger partial charge in [-0.1, -0.05) is 17.7 Å². The molecule has 1 N–H and O–H groups in total. The minimum Gasteiger partial charge on any atom is -0.258 e. The zero-order chi connectivity index (χ0) is 16.5. The average Bonchev–Trinajstić information content (AvgIpc) is 2.78. The van der Waals surface area contributed by atoms with Crippen molar-refractivity contribution in [2.75, 3.05) is 0 Å². The van der Waals surface area contributed by atoms with Gasteiger partial charge in [0.15, 0.2) is 0 Å². The summed E-state index contributed by atoms with van der Waals surface area (Å²) in [6.45, 7) is 0. The Morgan fingerprint density at radius 1 is 1.50 bits per heavy atom. The molecule has 1 aromatic heterocycles. The summed E-state index contributed by atoms with van der Waals surface area (Å²) in [5, 5.41) is 19.2. The molecule has 7 nitrogen and oxygen atoms in total. The topological polar surface area (TPSA) is 89.1 Å². The fourth-order valence-corrected chi connectivity index (χ4v) is 1.82. The molecule has 0 aliphatic carbocycles.